The van der Waals surface area contributed by atoms with Gasteiger partial charge < -0.3 is 9.47 Å². The summed E-state index contributed by atoms with van der Waals surface area (Å²) in [5.41, 5.74) is -2.42. The number of nitro groups is 1. The average Bonchev–Trinajstić information content (AvgIpc) is 2.61. The molecule has 0 aliphatic heterocycles. The van der Waals surface area contributed by atoms with Crippen LogP contribution in [-0.4, -0.2) is 40.2 Å². The third-order valence-corrected chi connectivity index (χ3v) is 2.90. The van der Waals surface area contributed by atoms with E-state index in [0.717, 1.165) is 38.7 Å². The van der Waals surface area contributed by atoms with E-state index in [-0.39, 0.29) is 5.69 Å². The van der Waals surface area contributed by atoms with E-state index in [1.54, 1.807) is 0 Å². The maximum absolute atomic E-state index is 13.6. The molecule has 0 atom stereocenters. The maximum atomic E-state index is 13.6. The second-order valence-electron chi connectivity index (χ2n) is 4.66. The molecule has 0 fully saturated rings. The number of hydrogen-bond acceptors (Lipinski definition) is 7. The fourth-order valence-corrected chi connectivity index (χ4v) is 1.77. The standard InChI is InChI=1S/C11H6F4N4O3.C4H10O/c1-22-10-7(11(13,14)15)8(12)17-9(18-10)6-4-5(19(20)21)2-3-16-6;1-3-5-4-2/h2-4H,1H3;3-4H2,1-2H3. The van der Waals surface area contributed by atoms with Gasteiger partial charge >= 0.3 is 6.18 Å². The van der Waals surface area contributed by atoms with Crippen LogP contribution in [0.4, 0.5) is 23.2 Å². The van der Waals surface area contributed by atoms with E-state index in [0.29, 0.717) is 0 Å². The molecule has 0 amide bonds. The van der Waals surface area contributed by atoms with E-state index >= 15 is 0 Å². The molecule has 0 bridgehead atoms. The largest absolute Gasteiger partial charge is 0.480 e. The Labute approximate surface area is 151 Å². The first-order chi connectivity index (χ1) is 12.6. The lowest BCUT2D eigenvalue weighted by atomic mass is 10.2. The zero-order valence-electron chi connectivity index (χ0n) is 14.6. The predicted octanol–water partition coefficient (Wildman–Crippen LogP) is 3.66. The topological polar surface area (TPSA) is 100 Å². The van der Waals surface area contributed by atoms with Crippen molar-refractivity contribution in [1.29, 1.82) is 0 Å². The van der Waals surface area contributed by atoms with Crippen LogP contribution in [0.15, 0.2) is 18.3 Å². The van der Waals surface area contributed by atoms with Crippen LogP contribution in [-0.2, 0) is 10.9 Å². The van der Waals surface area contributed by atoms with Crippen LogP contribution in [0.3, 0.4) is 0 Å². The molecule has 0 aliphatic rings. The molecule has 2 aromatic heterocycles. The van der Waals surface area contributed by atoms with Gasteiger partial charge in [-0.05, 0) is 13.8 Å². The van der Waals surface area contributed by atoms with Gasteiger partial charge in [-0.25, -0.2) is 0 Å². The molecule has 0 spiro atoms. The van der Waals surface area contributed by atoms with Crippen molar-refractivity contribution in [2.24, 2.45) is 0 Å². The van der Waals surface area contributed by atoms with Crippen molar-refractivity contribution in [3.63, 3.8) is 0 Å². The lowest BCUT2D eigenvalue weighted by Gasteiger charge is -2.12. The van der Waals surface area contributed by atoms with E-state index in [1.807, 2.05) is 13.8 Å². The summed E-state index contributed by atoms with van der Waals surface area (Å²) in [6.45, 7) is 5.67. The number of nitrogens with zero attached hydrogens (tertiary/aromatic N) is 4. The molecule has 0 saturated carbocycles. The number of hydrogen-bond donors (Lipinski definition) is 0. The van der Waals surface area contributed by atoms with E-state index < -0.39 is 40.0 Å². The summed E-state index contributed by atoms with van der Waals surface area (Å²) in [6, 6.07) is 1.96. The number of alkyl halides is 3. The van der Waals surface area contributed by atoms with Crippen LogP contribution in [0, 0.1) is 16.1 Å². The van der Waals surface area contributed by atoms with Gasteiger partial charge in [0.2, 0.25) is 11.8 Å². The molecule has 2 heterocycles. The monoisotopic (exact) mass is 392 g/mol. The Bertz CT molecular complexity index is 785. The van der Waals surface area contributed by atoms with Gasteiger partial charge in [-0.15, -0.1) is 0 Å². The number of pyridine rings is 1. The third kappa shape index (κ3) is 6.09. The molecule has 0 saturated heterocycles. The van der Waals surface area contributed by atoms with Gasteiger partial charge in [-0.2, -0.15) is 27.5 Å². The van der Waals surface area contributed by atoms with Crippen molar-refractivity contribution in [1.82, 2.24) is 15.0 Å². The van der Waals surface area contributed by atoms with Crippen LogP contribution in [0.2, 0.25) is 0 Å². The minimum Gasteiger partial charge on any atom is -0.480 e. The smallest absolute Gasteiger partial charge is 0.426 e. The van der Waals surface area contributed by atoms with E-state index in [1.165, 1.54) is 0 Å². The van der Waals surface area contributed by atoms with Crippen LogP contribution >= 0.6 is 0 Å². The molecule has 2 rings (SSSR count). The lowest BCUT2D eigenvalue weighted by molar-refractivity contribution is -0.384. The van der Waals surface area contributed by atoms with Gasteiger partial charge in [-0.3, -0.25) is 15.1 Å². The summed E-state index contributed by atoms with van der Waals surface area (Å²) >= 11 is 0. The third-order valence-electron chi connectivity index (χ3n) is 2.90. The Kier molecular flexibility index (Phi) is 7.97. The van der Waals surface area contributed by atoms with Crippen LogP contribution in [0.1, 0.15) is 19.4 Å². The van der Waals surface area contributed by atoms with Gasteiger partial charge in [0.25, 0.3) is 5.69 Å². The van der Waals surface area contributed by atoms with Crippen molar-refractivity contribution in [2.45, 2.75) is 20.0 Å². The minimum absolute atomic E-state index is 0.264. The first-order valence-electron chi connectivity index (χ1n) is 7.52. The van der Waals surface area contributed by atoms with E-state index in [2.05, 4.69) is 19.7 Å². The Hall–Kier alpha value is -2.89. The summed E-state index contributed by atoms with van der Waals surface area (Å²) in [7, 11) is 0.877. The van der Waals surface area contributed by atoms with Gasteiger partial charge in [-0.1, -0.05) is 0 Å². The SMILES string of the molecule is CCOCC.COc1nc(-c2cc([N+](=O)[O-])ccn2)nc(F)c1C(F)(F)F. The zero-order chi connectivity index (χ0) is 20.6. The van der Waals surface area contributed by atoms with Crippen molar-refractivity contribution < 1.29 is 32.0 Å². The molecular weight excluding hydrogens is 376 g/mol. The summed E-state index contributed by atoms with van der Waals surface area (Å²) in [5.74, 6) is -3.46. The predicted molar refractivity (Wildman–Crippen MR) is 85.6 cm³/mol. The molecule has 148 valence electrons. The van der Waals surface area contributed by atoms with Crippen LogP contribution in [0.25, 0.3) is 11.5 Å². The number of halogens is 4. The first-order valence-corrected chi connectivity index (χ1v) is 7.52. The normalized spacial score (nSPS) is 10.8. The molecular formula is C15H16F4N4O4. The first kappa shape index (κ1) is 22.2. The average molecular weight is 392 g/mol. The van der Waals surface area contributed by atoms with Gasteiger partial charge in [0.05, 0.1) is 12.0 Å². The molecule has 0 N–H and O–H groups in total. The molecule has 2 aromatic rings. The number of ether oxygens (including phenoxy) is 2. The highest BCUT2D eigenvalue weighted by Crippen LogP contribution is 2.37. The van der Waals surface area contributed by atoms with Gasteiger partial charge in [0.1, 0.15) is 5.69 Å². The van der Waals surface area contributed by atoms with Crippen LogP contribution in [0.5, 0.6) is 5.88 Å². The van der Waals surface area contributed by atoms with Crippen molar-refractivity contribution >= 4 is 5.69 Å². The maximum Gasteiger partial charge on any atom is 0.426 e. The van der Waals surface area contributed by atoms with Gasteiger partial charge in [0, 0.05) is 31.5 Å². The summed E-state index contributed by atoms with van der Waals surface area (Å²) in [6.07, 6.45) is -4.02. The Morgan fingerprint density at radius 2 is 1.85 bits per heavy atom. The van der Waals surface area contributed by atoms with Crippen molar-refractivity contribution in [3.05, 3.63) is 40.0 Å². The zero-order valence-corrected chi connectivity index (χ0v) is 14.6. The minimum atomic E-state index is -5.05. The Balaban J connectivity index is 0.000000646. The Morgan fingerprint density at radius 1 is 1.22 bits per heavy atom. The second kappa shape index (κ2) is 9.71. The van der Waals surface area contributed by atoms with E-state index in [9.17, 15) is 27.7 Å². The van der Waals surface area contributed by atoms with Crippen molar-refractivity contribution in [3.8, 4) is 17.4 Å². The molecule has 8 nitrogen and oxygen atoms in total. The van der Waals surface area contributed by atoms with Crippen LogP contribution < -0.4 is 4.74 Å². The number of aromatic nitrogens is 3. The molecule has 12 heteroatoms. The quantitative estimate of drug-likeness (QED) is 0.331. The Morgan fingerprint density at radius 3 is 2.30 bits per heavy atom. The second-order valence-corrected chi connectivity index (χ2v) is 4.66. The van der Waals surface area contributed by atoms with E-state index in [4.69, 9.17) is 4.74 Å². The number of methoxy groups -OCH3 is 1. The molecule has 0 aliphatic carbocycles. The summed E-state index contributed by atoms with van der Waals surface area (Å²) < 4.78 is 61.0. The summed E-state index contributed by atoms with van der Waals surface area (Å²) in [5, 5.41) is 10.6. The van der Waals surface area contributed by atoms with Crippen molar-refractivity contribution in [2.75, 3.05) is 20.3 Å². The molecule has 27 heavy (non-hydrogen) atoms. The van der Waals surface area contributed by atoms with Gasteiger partial charge in [0.15, 0.2) is 11.4 Å². The summed E-state index contributed by atoms with van der Waals surface area (Å²) in [4.78, 5) is 20.0. The highest BCUT2D eigenvalue weighted by molar-refractivity contribution is 5.54. The lowest BCUT2D eigenvalue weighted by Crippen LogP contribution is -2.14. The number of rotatable bonds is 5. The molecule has 0 unspecified atom stereocenters. The molecule has 0 aromatic carbocycles. The molecule has 0 radical (unpaired) electrons. The highest BCUT2D eigenvalue weighted by atomic mass is 19.4. The fourth-order valence-electron chi connectivity index (χ4n) is 1.77. The highest BCUT2D eigenvalue weighted by Gasteiger charge is 2.40. The fraction of sp³-hybridized carbons (Fsp3) is 0.400.